The number of amides is 1. The highest BCUT2D eigenvalue weighted by molar-refractivity contribution is 5.78. The van der Waals surface area contributed by atoms with Gasteiger partial charge in [-0.2, -0.15) is 0 Å². The van der Waals surface area contributed by atoms with Crippen molar-refractivity contribution in [2.75, 3.05) is 66.8 Å². The predicted molar refractivity (Wildman–Crippen MR) is 76.2 cm³/mol. The van der Waals surface area contributed by atoms with Gasteiger partial charge >= 0.3 is 0 Å². The fourth-order valence-corrected chi connectivity index (χ4v) is 2.81. The predicted octanol–water partition coefficient (Wildman–Crippen LogP) is -0.889. The molecule has 21 heavy (non-hydrogen) atoms. The molecule has 2 fully saturated rings. The van der Waals surface area contributed by atoms with Crippen LogP contribution < -0.4 is 5.32 Å². The van der Waals surface area contributed by atoms with E-state index in [0.29, 0.717) is 39.5 Å². The molecule has 7 nitrogen and oxygen atoms in total. The third-order valence-corrected chi connectivity index (χ3v) is 4.05. The van der Waals surface area contributed by atoms with E-state index in [2.05, 4.69) is 10.2 Å². The zero-order chi connectivity index (χ0) is 15.1. The summed E-state index contributed by atoms with van der Waals surface area (Å²) in [6.07, 6.45) is -0.127. The molecular weight excluding hydrogens is 276 g/mol. The van der Waals surface area contributed by atoms with Gasteiger partial charge in [0.15, 0.2) is 0 Å². The lowest BCUT2D eigenvalue weighted by molar-refractivity contribution is -0.147. The molecule has 2 aliphatic rings. The monoisotopic (exact) mass is 302 g/mol. The van der Waals surface area contributed by atoms with Crippen LogP contribution in [0.3, 0.4) is 0 Å². The van der Waals surface area contributed by atoms with Crippen LogP contribution in [-0.4, -0.2) is 89.8 Å². The fourth-order valence-electron chi connectivity index (χ4n) is 2.81. The molecule has 1 amide bonds. The smallest absolute Gasteiger partial charge is 0.234 e. The summed E-state index contributed by atoms with van der Waals surface area (Å²) in [6, 6.07) is 0. The number of carbonyl (C=O) groups is 1. The Morgan fingerprint density at radius 2 is 1.95 bits per heavy atom. The van der Waals surface area contributed by atoms with Crippen LogP contribution in [0.25, 0.3) is 0 Å². The molecule has 2 rings (SSSR count). The van der Waals surface area contributed by atoms with Crippen LogP contribution in [0.4, 0.5) is 0 Å². The van der Waals surface area contributed by atoms with Crippen LogP contribution in [0.2, 0.25) is 0 Å². The highest BCUT2D eigenvalue weighted by atomic mass is 16.6. The van der Waals surface area contributed by atoms with Gasteiger partial charge in [0, 0.05) is 39.8 Å². The van der Waals surface area contributed by atoms with Gasteiger partial charge < -0.3 is 24.3 Å². The Morgan fingerprint density at radius 3 is 2.62 bits per heavy atom. The van der Waals surface area contributed by atoms with Gasteiger partial charge in [-0.25, -0.2) is 0 Å². The normalized spacial score (nSPS) is 31.0. The van der Waals surface area contributed by atoms with Crippen molar-refractivity contribution in [1.29, 1.82) is 0 Å². The zero-order valence-corrected chi connectivity index (χ0v) is 12.9. The maximum atomic E-state index is 12.0. The Morgan fingerprint density at radius 1 is 1.19 bits per heavy atom. The molecule has 7 heteroatoms. The summed E-state index contributed by atoms with van der Waals surface area (Å²) in [5.74, 6) is 0.147. The number of nitrogens with zero attached hydrogens (tertiary/aromatic N) is 1. The molecule has 0 bridgehead atoms. The first-order valence-electron chi connectivity index (χ1n) is 7.44. The number of nitrogens with one attached hydrogen (secondary N) is 1. The molecule has 2 heterocycles. The molecule has 0 spiro atoms. The van der Waals surface area contributed by atoms with E-state index in [1.165, 1.54) is 0 Å². The lowest BCUT2D eigenvalue weighted by Gasteiger charge is -2.36. The maximum absolute atomic E-state index is 12.0. The Hall–Kier alpha value is -0.730. The zero-order valence-electron chi connectivity index (χ0n) is 12.9. The summed E-state index contributed by atoms with van der Waals surface area (Å²) in [5, 5.41) is 2.97. The average Bonchev–Trinajstić information content (AvgIpc) is 2.53. The second-order valence-corrected chi connectivity index (χ2v) is 5.46. The number of methoxy groups -OCH3 is 2. The molecule has 0 aromatic carbocycles. The largest absolute Gasteiger partial charge is 0.379 e. The minimum Gasteiger partial charge on any atom is -0.379 e. The molecule has 2 saturated heterocycles. The number of hydrogen-bond acceptors (Lipinski definition) is 6. The summed E-state index contributed by atoms with van der Waals surface area (Å²) in [4.78, 5) is 14.1. The van der Waals surface area contributed by atoms with Crippen molar-refractivity contribution in [3.63, 3.8) is 0 Å². The maximum Gasteiger partial charge on any atom is 0.234 e. The first kappa shape index (κ1) is 16.6. The van der Waals surface area contributed by atoms with Crippen LogP contribution in [-0.2, 0) is 23.7 Å². The quantitative estimate of drug-likeness (QED) is 0.686. The van der Waals surface area contributed by atoms with Crippen molar-refractivity contribution in [3.8, 4) is 0 Å². The Labute approximate surface area is 125 Å². The van der Waals surface area contributed by atoms with Gasteiger partial charge in [0.25, 0.3) is 0 Å². The van der Waals surface area contributed by atoms with Gasteiger partial charge in [0.2, 0.25) is 5.91 Å². The first-order valence-corrected chi connectivity index (χ1v) is 7.44. The topological polar surface area (TPSA) is 69.3 Å². The molecule has 0 aromatic heterocycles. The molecule has 1 N–H and O–H groups in total. The van der Waals surface area contributed by atoms with E-state index in [1.54, 1.807) is 14.2 Å². The Balaban J connectivity index is 1.74. The second-order valence-electron chi connectivity index (χ2n) is 5.46. The summed E-state index contributed by atoms with van der Waals surface area (Å²) < 4.78 is 21.7. The number of ether oxygens (including phenoxy) is 4. The van der Waals surface area contributed by atoms with E-state index in [0.717, 1.165) is 13.1 Å². The van der Waals surface area contributed by atoms with Gasteiger partial charge in [-0.3, -0.25) is 9.69 Å². The van der Waals surface area contributed by atoms with Crippen LogP contribution >= 0.6 is 0 Å². The van der Waals surface area contributed by atoms with Crippen LogP contribution in [0.1, 0.15) is 0 Å². The lowest BCUT2D eigenvalue weighted by Crippen LogP contribution is -2.51. The molecule has 0 saturated carbocycles. The van der Waals surface area contributed by atoms with E-state index in [4.69, 9.17) is 18.9 Å². The van der Waals surface area contributed by atoms with Gasteiger partial charge in [-0.05, 0) is 0 Å². The highest BCUT2D eigenvalue weighted by Gasteiger charge is 2.34. The minimum absolute atomic E-state index is 0.0336. The van der Waals surface area contributed by atoms with Crippen LogP contribution in [0, 0.1) is 5.92 Å². The van der Waals surface area contributed by atoms with Gasteiger partial charge in [0.05, 0.1) is 39.1 Å². The molecule has 0 unspecified atom stereocenters. The van der Waals surface area contributed by atoms with Crippen molar-refractivity contribution in [1.82, 2.24) is 10.2 Å². The number of hydrogen-bond donors (Lipinski definition) is 1. The summed E-state index contributed by atoms with van der Waals surface area (Å²) in [7, 11) is 3.32. The standard InChI is InChI=1S/C14H26N2O5/c1-18-12-10-21-9-11(14(12)19-2)7-15-13(17)8-16-3-5-20-6-4-16/h11-12,14H,3-10H2,1-2H3,(H,15,17)/t11-,12-,14+/m1/s1. The fraction of sp³-hybridized carbons (Fsp3) is 0.929. The van der Waals surface area contributed by atoms with E-state index in [9.17, 15) is 4.79 Å². The van der Waals surface area contributed by atoms with Crippen molar-refractivity contribution in [3.05, 3.63) is 0 Å². The SMILES string of the molecule is CO[C@H]1[C@H](CNC(=O)CN2CCOCC2)COC[C@H]1OC. The summed E-state index contributed by atoms with van der Waals surface area (Å²) in [5.41, 5.74) is 0. The van der Waals surface area contributed by atoms with E-state index in [-0.39, 0.29) is 24.0 Å². The van der Waals surface area contributed by atoms with E-state index < -0.39 is 0 Å². The third-order valence-electron chi connectivity index (χ3n) is 4.05. The number of rotatable bonds is 6. The third kappa shape index (κ3) is 4.89. The van der Waals surface area contributed by atoms with Crippen LogP contribution in [0.5, 0.6) is 0 Å². The highest BCUT2D eigenvalue weighted by Crippen LogP contribution is 2.19. The lowest BCUT2D eigenvalue weighted by atomic mass is 9.96. The molecule has 3 atom stereocenters. The van der Waals surface area contributed by atoms with Crippen LogP contribution in [0.15, 0.2) is 0 Å². The summed E-state index contributed by atoms with van der Waals surface area (Å²) >= 11 is 0. The van der Waals surface area contributed by atoms with Crippen molar-refractivity contribution in [2.45, 2.75) is 12.2 Å². The van der Waals surface area contributed by atoms with Crippen molar-refractivity contribution < 1.29 is 23.7 Å². The van der Waals surface area contributed by atoms with Crippen molar-refractivity contribution >= 4 is 5.91 Å². The molecule has 0 aromatic rings. The molecule has 2 aliphatic heterocycles. The van der Waals surface area contributed by atoms with Gasteiger partial charge in [-0.15, -0.1) is 0 Å². The number of carbonyl (C=O) groups excluding carboxylic acids is 1. The van der Waals surface area contributed by atoms with Gasteiger partial charge in [-0.1, -0.05) is 0 Å². The minimum atomic E-state index is -0.0788. The Bertz CT molecular complexity index is 322. The molecule has 0 radical (unpaired) electrons. The summed E-state index contributed by atoms with van der Waals surface area (Å²) in [6.45, 7) is 5.10. The van der Waals surface area contributed by atoms with Crippen molar-refractivity contribution in [2.24, 2.45) is 5.92 Å². The molecule has 122 valence electrons. The molecular formula is C14H26N2O5. The van der Waals surface area contributed by atoms with Gasteiger partial charge in [0.1, 0.15) is 6.10 Å². The second kappa shape index (κ2) is 8.65. The van der Waals surface area contributed by atoms with E-state index >= 15 is 0 Å². The average molecular weight is 302 g/mol. The number of morpholine rings is 1. The first-order chi connectivity index (χ1) is 10.2. The molecule has 0 aliphatic carbocycles. The Kier molecular flexibility index (Phi) is 6.85. The van der Waals surface area contributed by atoms with E-state index in [1.807, 2.05) is 0 Å².